The Bertz CT molecular complexity index is 409. The molecule has 0 saturated carbocycles. The van der Waals surface area contributed by atoms with E-state index >= 15 is 0 Å². The zero-order chi connectivity index (χ0) is 10.2. The van der Waals surface area contributed by atoms with Crippen LogP contribution in [0.5, 0.6) is 0 Å². The van der Waals surface area contributed by atoms with Crippen LogP contribution in [0.3, 0.4) is 0 Å². The fraction of sp³-hybridized carbons (Fsp3) is 0.222. The van der Waals surface area contributed by atoms with Crippen molar-refractivity contribution in [3.63, 3.8) is 0 Å². The maximum absolute atomic E-state index is 8.01. The number of nitrogens with zero attached hydrogens (tertiary/aromatic N) is 4. The molecule has 0 saturated heterocycles. The average Bonchev–Trinajstić information content (AvgIpc) is 2.20. The number of nitrogen functional groups attached to an aromatic ring is 1. The quantitative estimate of drug-likeness (QED) is 0.251. The van der Waals surface area contributed by atoms with Gasteiger partial charge in [-0.15, -0.1) is 0 Å². The van der Waals surface area contributed by atoms with Crippen molar-refractivity contribution >= 4 is 5.69 Å². The molecule has 0 fully saturated rings. The lowest BCUT2D eigenvalue weighted by molar-refractivity contribution is 1.01. The van der Waals surface area contributed by atoms with E-state index in [0.29, 0.717) is 24.2 Å². The summed E-state index contributed by atoms with van der Waals surface area (Å²) in [6, 6.07) is 1.69. The minimum atomic E-state index is 0.379. The smallest absolute Gasteiger partial charge is 0.0658 e. The van der Waals surface area contributed by atoms with Gasteiger partial charge in [0.2, 0.25) is 0 Å². The van der Waals surface area contributed by atoms with Crippen molar-refractivity contribution < 1.29 is 0 Å². The second-order valence-corrected chi connectivity index (χ2v) is 2.47. The minimum Gasteiger partial charge on any atom is -0.398 e. The minimum absolute atomic E-state index is 0.379. The summed E-state index contributed by atoms with van der Waals surface area (Å²) in [4.78, 5) is 6.51. The summed E-state index contributed by atoms with van der Waals surface area (Å²) in [7, 11) is 0. The predicted molar refractivity (Wildman–Crippen MR) is 54.2 cm³/mol. The molecule has 14 heavy (non-hydrogen) atoms. The van der Waals surface area contributed by atoms with E-state index in [0.717, 1.165) is 0 Å². The molecule has 0 bridgehead atoms. The van der Waals surface area contributed by atoms with Crippen LogP contribution in [0.4, 0.5) is 5.69 Å². The number of rotatable bonds is 2. The SMILES string of the molecule is [N-]=[N+]=NCCC#Cc1cnccc1N. The van der Waals surface area contributed by atoms with Gasteiger partial charge in [0.05, 0.1) is 11.3 Å². The monoisotopic (exact) mass is 187 g/mol. The highest BCUT2D eigenvalue weighted by atomic mass is 15.1. The van der Waals surface area contributed by atoms with E-state index in [1.807, 2.05) is 0 Å². The van der Waals surface area contributed by atoms with Crippen LogP contribution in [0, 0.1) is 11.8 Å². The Labute approximate surface area is 81.6 Å². The van der Waals surface area contributed by atoms with Gasteiger partial charge in [-0.25, -0.2) is 0 Å². The van der Waals surface area contributed by atoms with Crippen molar-refractivity contribution in [2.24, 2.45) is 5.11 Å². The van der Waals surface area contributed by atoms with Crippen LogP contribution in [-0.2, 0) is 0 Å². The highest BCUT2D eigenvalue weighted by Crippen LogP contribution is 2.05. The van der Waals surface area contributed by atoms with E-state index in [2.05, 4.69) is 26.9 Å². The molecule has 0 aromatic carbocycles. The first-order chi connectivity index (χ1) is 6.84. The average molecular weight is 187 g/mol. The van der Waals surface area contributed by atoms with Crippen molar-refractivity contribution in [2.45, 2.75) is 6.42 Å². The molecule has 1 heterocycles. The lowest BCUT2D eigenvalue weighted by atomic mass is 10.2. The maximum Gasteiger partial charge on any atom is 0.0658 e. The van der Waals surface area contributed by atoms with E-state index < -0.39 is 0 Å². The van der Waals surface area contributed by atoms with Crippen molar-refractivity contribution in [2.75, 3.05) is 12.3 Å². The molecule has 1 rings (SSSR count). The Balaban J connectivity index is 2.59. The zero-order valence-corrected chi connectivity index (χ0v) is 7.51. The first-order valence-corrected chi connectivity index (χ1v) is 4.04. The topological polar surface area (TPSA) is 87.7 Å². The highest BCUT2D eigenvalue weighted by Gasteiger charge is 1.91. The van der Waals surface area contributed by atoms with E-state index in [-0.39, 0.29) is 0 Å². The van der Waals surface area contributed by atoms with Crippen LogP contribution in [0.25, 0.3) is 10.4 Å². The van der Waals surface area contributed by atoms with Gasteiger partial charge in [0, 0.05) is 30.3 Å². The molecule has 1 aromatic heterocycles. The summed E-state index contributed by atoms with van der Waals surface area (Å²) in [5.41, 5.74) is 15.0. The van der Waals surface area contributed by atoms with Gasteiger partial charge < -0.3 is 5.73 Å². The molecular weight excluding hydrogens is 178 g/mol. The standard InChI is InChI=1S/C9H9N5/c10-9-4-6-12-7-8(9)3-1-2-5-13-14-11/h4,6-7H,2,5H2,(H2,10,12). The molecule has 0 amide bonds. The van der Waals surface area contributed by atoms with Crippen LogP contribution in [0.1, 0.15) is 12.0 Å². The first kappa shape index (κ1) is 9.90. The largest absolute Gasteiger partial charge is 0.398 e. The second kappa shape index (κ2) is 5.46. The van der Waals surface area contributed by atoms with Crippen molar-refractivity contribution in [3.05, 3.63) is 34.5 Å². The molecule has 1 aromatic rings. The fourth-order valence-electron chi connectivity index (χ4n) is 0.818. The first-order valence-electron chi connectivity index (χ1n) is 4.04. The Morgan fingerprint density at radius 2 is 2.50 bits per heavy atom. The zero-order valence-electron chi connectivity index (χ0n) is 7.51. The molecule has 0 unspecified atom stereocenters. The predicted octanol–water partition coefficient (Wildman–Crippen LogP) is 1.72. The maximum atomic E-state index is 8.01. The van der Waals surface area contributed by atoms with Gasteiger partial charge in [-0.2, -0.15) is 0 Å². The summed E-state index contributed by atoms with van der Waals surface area (Å²) in [6.07, 6.45) is 3.74. The van der Waals surface area contributed by atoms with E-state index in [1.54, 1.807) is 18.5 Å². The molecular formula is C9H9N5. The van der Waals surface area contributed by atoms with Crippen molar-refractivity contribution in [1.29, 1.82) is 0 Å². The molecule has 0 radical (unpaired) electrons. The van der Waals surface area contributed by atoms with Crippen molar-refractivity contribution in [3.8, 4) is 11.8 Å². The molecule has 0 atom stereocenters. The number of aromatic nitrogens is 1. The fourth-order valence-corrected chi connectivity index (χ4v) is 0.818. The molecule has 5 heteroatoms. The lowest BCUT2D eigenvalue weighted by Gasteiger charge is -1.93. The summed E-state index contributed by atoms with van der Waals surface area (Å²) in [5, 5.41) is 3.36. The number of hydrogen-bond acceptors (Lipinski definition) is 3. The number of hydrogen-bond donors (Lipinski definition) is 1. The third-order valence-corrected chi connectivity index (χ3v) is 1.48. The number of anilines is 1. The Hall–Kier alpha value is -2.18. The molecule has 70 valence electrons. The van der Waals surface area contributed by atoms with Gasteiger partial charge in [-0.3, -0.25) is 4.98 Å². The summed E-state index contributed by atoms with van der Waals surface area (Å²) in [6.45, 7) is 0.379. The highest BCUT2D eigenvalue weighted by molar-refractivity contribution is 5.53. The Kier molecular flexibility index (Phi) is 3.86. The molecule has 0 spiro atoms. The second-order valence-electron chi connectivity index (χ2n) is 2.47. The van der Waals surface area contributed by atoms with E-state index in [1.165, 1.54) is 0 Å². The number of pyridine rings is 1. The number of nitrogens with two attached hydrogens (primary N) is 1. The van der Waals surface area contributed by atoms with E-state index in [4.69, 9.17) is 11.3 Å². The Morgan fingerprint density at radius 3 is 3.21 bits per heavy atom. The van der Waals surface area contributed by atoms with Gasteiger partial charge in [0.15, 0.2) is 0 Å². The van der Waals surface area contributed by atoms with Crippen LogP contribution in [0.15, 0.2) is 23.6 Å². The van der Waals surface area contributed by atoms with Crippen molar-refractivity contribution in [1.82, 2.24) is 4.98 Å². The van der Waals surface area contributed by atoms with Crippen LogP contribution in [0.2, 0.25) is 0 Å². The number of azide groups is 1. The van der Waals surface area contributed by atoms with Crippen LogP contribution in [-0.4, -0.2) is 11.5 Å². The normalized spacial score (nSPS) is 8.29. The molecule has 0 aliphatic carbocycles. The summed E-state index contributed by atoms with van der Waals surface area (Å²) >= 11 is 0. The molecule has 0 aliphatic rings. The van der Waals surface area contributed by atoms with Crippen LogP contribution >= 0.6 is 0 Å². The third kappa shape index (κ3) is 3.05. The lowest BCUT2D eigenvalue weighted by Crippen LogP contribution is -1.90. The summed E-state index contributed by atoms with van der Waals surface area (Å²) < 4.78 is 0. The van der Waals surface area contributed by atoms with Gasteiger partial charge >= 0.3 is 0 Å². The van der Waals surface area contributed by atoms with Gasteiger partial charge in [0.1, 0.15) is 0 Å². The van der Waals surface area contributed by atoms with Crippen LogP contribution < -0.4 is 5.73 Å². The third-order valence-electron chi connectivity index (χ3n) is 1.48. The van der Waals surface area contributed by atoms with Gasteiger partial charge in [-0.1, -0.05) is 17.0 Å². The molecule has 2 N–H and O–H groups in total. The van der Waals surface area contributed by atoms with Gasteiger partial charge in [0.25, 0.3) is 0 Å². The molecule has 0 aliphatic heterocycles. The summed E-state index contributed by atoms with van der Waals surface area (Å²) in [5.74, 6) is 5.69. The van der Waals surface area contributed by atoms with Gasteiger partial charge in [-0.05, 0) is 11.6 Å². The Morgan fingerprint density at radius 1 is 1.64 bits per heavy atom. The molecule has 5 nitrogen and oxygen atoms in total. The van der Waals surface area contributed by atoms with E-state index in [9.17, 15) is 0 Å².